The SMILES string of the molecule is CCCC/C=C\CCCCCCCC(=O)OCCCCCCCCCCCC/C=C\CCCCCCCCCC(=O)NC(CO)C(O)/C=C/CCCCCCCCCCCCC. The Labute approximate surface area is 385 Å². The van der Waals surface area contributed by atoms with Gasteiger partial charge in [-0.15, -0.1) is 0 Å². The van der Waals surface area contributed by atoms with E-state index in [0.29, 0.717) is 19.4 Å². The van der Waals surface area contributed by atoms with Crippen molar-refractivity contribution in [2.75, 3.05) is 13.2 Å². The summed E-state index contributed by atoms with van der Waals surface area (Å²) in [5.41, 5.74) is 0. The van der Waals surface area contributed by atoms with E-state index in [1.807, 2.05) is 6.08 Å². The van der Waals surface area contributed by atoms with Crippen LogP contribution in [0.4, 0.5) is 0 Å². The first kappa shape index (κ1) is 60.1. The number of unbranched alkanes of at least 4 members (excludes halogenated alkanes) is 35. The van der Waals surface area contributed by atoms with E-state index in [2.05, 4.69) is 43.5 Å². The van der Waals surface area contributed by atoms with E-state index in [-0.39, 0.29) is 18.5 Å². The zero-order valence-corrected chi connectivity index (χ0v) is 41.4. The minimum atomic E-state index is -0.848. The summed E-state index contributed by atoms with van der Waals surface area (Å²) in [6.07, 6.45) is 63.0. The van der Waals surface area contributed by atoms with E-state index >= 15 is 0 Å². The predicted molar refractivity (Wildman–Crippen MR) is 269 cm³/mol. The first-order valence-corrected chi connectivity index (χ1v) is 27.3. The molecule has 1 amide bonds. The molecule has 0 radical (unpaired) electrons. The minimum Gasteiger partial charge on any atom is -0.466 e. The number of amides is 1. The van der Waals surface area contributed by atoms with Crippen molar-refractivity contribution in [1.29, 1.82) is 0 Å². The van der Waals surface area contributed by atoms with Crippen molar-refractivity contribution in [3.63, 3.8) is 0 Å². The predicted octanol–water partition coefficient (Wildman–Crippen LogP) is 16.5. The second-order valence-corrected chi connectivity index (χ2v) is 18.5. The van der Waals surface area contributed by atoms with E-state index in [4.69, 9.17) is 4.74 Å². The molecule has 0 aromatic rings. The zero-order valence-electron chi connectivity index (χ0n) is 41.4. The number of carbonyl (C=O) groups excluding carboxylic acids is 2. The van der Waals surface area contributed by atoms with E-state index < -0.39 is 12.1 Å². The van der Waals surface area contributed by atoms with E-state index in [0.717, 1.165) is 51.4 Å². The molecule has 3 N–H and O–H groups in total. The molecule has 364 valence electrons. The van der Waals surface area contributed by atoms with Crippen LogP contribution in [0, 0.1) is 0 Å². The monoisotopic (exact) mass is 872 g/mol. The van der Waals surface area contributed by atoms with Gasteiger partial charge in [0.25, 0.3) is 0 Å². The van der Waals surface area contributed by atoms with Gasteiger partial charge in [0.15, 0.2) is 0 Å². The summed E-state index contributed by atoms with van der Waals surface area (Å²) in [6.45, 7) is 4.85. The normalized spacial score (nSPS) is 12.9. The first-order valence-electron chi connectivity index (χ1n) is 27.3. The van der Waals surface area contributed by atoms with E-state index in [1.165, 1.54) is 205 Å². The smallest absolute Gasteiger partial charge is 0.305 e. The van der Waals surface area contributed by atoms with Gasteiger partial charge in [-0.2, -0.15) is 0 Å². The third-order valence-electron chi connectivity index (χ3n) is 12.4. The van der Waals surface area contributed by atoms with Crippen LogP contribution >= 0.6 is 0 Å². The number of esters is 1. The second-order valence-electron chi connectivity index (χ2n) is 18.5. The number of allylic oxidation sites excluding steroid dienone is 5. The number of hydrogen-bond donors (Lipinski definition) is 3. The standard InChI is InChI=1S/C56H105NO5/c1-3-5-7-9-11-13-15-25-29-32-36-40-44-48-54(59)53(52-58)57-55(60)49-45-41-37-33-30-26-23-21-19-17-16-18-20-22-24-27-31-35-39-43-47-51-62-56(61)50-46-42-38-34-28-14-12-10-8-6-4-2/h10,12,17,19,44,48,53-54,58-59H,3-9,11,13-16,18,20-43,45-47,49-52H2,1-2H3,(H,57,60)/b12-10-,19-17-,48-44+. The van der Waals surface area contributed by atoms with Gasteiger partial charge in [-0.1, -0.05) is 230 Å². The van der Waals surface area contributed by atoms with Gasteiger partial charge in [0.05, 0.1) is 25.4 Å². The summed E-state index contributed by atoms with van der Waals surface area (Å²) in [4.78, 5) is 24.4. The molecule has 0 spiro atoms. The molecular formula is C56H105NO5. The Kier molecular flexibility index (Phi) is 50.1. The quantitative estimate of drug-likeness (QED) is 0.0321. The third-order valence-corrected chi connectivity index (χ3v) is 12.4. The summed E-state index contributed by atoms with van der Waals surface area (Å²) in [5, 5.41) is 23.0. The summed E-state index contributed by atoms with van der Waals surface area (Å²) >= 11 is 0. The molecule has 0 aromatic carbocycles. The Morgan fingerprint density at radius 2 is 0.774 bits per heavy atom. The van der Waals surface area contributed by atoms with Crippen molar-refractivity contribution < 1.29 is 24.5 Å². The lowest BCUT2D eigenvalue weighted by atomic mass is 10.0. The molecule has 2 unspecified atom stereocenters. The van der Waals surface area contributed by atoms with Crippen molar-refractivity contribution in [3.8, 4) is 0 Å². The molecule has 0 aliphatic rings. The molecule has 0 rings (SSSR count). The highest BCUT2D eigenvalue weighted by molar-refractivity contribution is 5.76. The van der Waals surface area contributed by atoms with Gasteiger partial charge >= 0.3 is 5.97 Å². The lowest BCUT2D eigenvalue weighted by molar-refractivity contribution is -0.143. The van der Waals surface area contributed by atoms with Gasteiger partial charge < -0.3 is 20.3 Å². The topological polar surface area (TPSA) is 95.9 Å². The third kappa shape index (κ3) is 47.6. The number of nitrogens with one attached hydrogen (secondary N) is 1. The molecule has 62 heavy (non-hydrogen) atoms. The Balaban J connectivity index is 3.46. The van der Waals surface area contributed by atoms with Crippen LogP contribution in [0.3, 0.4) is 0 Å². The van der Waals surface area contributed by atoms with E-state index in [9.17, 15) is 19.8 Å². The highest BCUT2D eigenvalue weighted by Gasteiger charge is 2.18. The summed E-state index contributed by atoms with van der Waals surface area (Å²) in [6, 6.07) is -0.633. The maximum Gasteiger partial charge on any atom is 0.305 e. The maximum absolute atomic E-state index is 12.4. The number of hydrogen-bond acceptors (Lipinski definition) is 5. The molecule has 0 fully saturated rings. The van der Waals surface area contributed by atoms with Crippen LogP contribution in [0.15, 0.2) is 36.5 Å². The molecule has 0 heterocycles. The van der Waals surface area contributed by atoms with Crippen LogP contribution in [-0.2, 0) is 14.3 Å². The molecular weight excluding hydrogens is 767 g/mol. The van der Waals surface area contributed by atoms with Crippen LogP contribution in [0.2, 0.25) is 0 Å². The molecule has 6 nitrogen and oxygen atoms in total. The van der Waals surface area contributed by atoms with Crippen molar-refractivity contribution in [1.82, 2.24) is 5.32 Å². The fourth-order valence-corrected chi connectivity index (χ4v) is 8.14. The largest absolute Gasteiger partial charge is 0.466 e. The van der Waals surface area contributed by atoms with Gasteiger partial charge in [0.1, 0.15) is 0 Å². The molecule has 0 saturated heterocycles. The fraction of sp³-hybridized carbons (Fsp3) is 0.857. The molecule has 0 aliphatic carbocycles. The van der Waals surface area contributed by atoms with Crippen molar-refractivity contribution >= 4 is 11.9 Å². The lowest BCUT2D eigenvalue weighted by Crippen LogP contribution is -2.45. The number of carbonyl (C=O) groups is 2. The van der Waals surface area contributed by atoms with Gasteiger partial charge in [-0.05, 0) is 77.0 Å². The molecule has 0 aliphatic heterocycles. The van der Waals surface area contributed by atoms with Gasteiger partial charge in [-0.25, -0.2) is 0 Å². The van der Waals surface area contributed by atoms with Gasteiger partial charge in [-0.3, -0.25) is 9.59 Å². The zero-order chi connectivity index (χ0) is 45.1. The van der Waals surface area contributed by atoms with Crippen molar-refractivity contribution in [3.05, 3.63) is 36.5 Å². The van der Waals surface area contributed by atoms with Crippen LogP contribution in [0.5, 0.6) is 0 Å². The molecule has 0 aromatic heterocycles. The Bertz CT molecular complexity index is 1010. The Morgan fingerprint density at radius 1 is 0.435 bits per heavy atom. The van der Waals surface area contributed by atoms with Crippen LogP contribution < -0.4 is 5.32 Å². The highest BCUT2D eigenvalue weighted by Crippen LogP contribution is 2.15. The fourth-order valence-electron chi connectivity index (χ4n) is 8.14. The van der Waals surface area contributed by atoms with E-state index in [1.54, 1.807) is 6.08 Å². The summed E-state index contributed by atoms with van der Waals surface area (Å²) < 4.78 is 5.45. The number of aliphatic hydroxyl groups is 2. The number of aliphatic hydroxyl groups excluding tert-OH is 2. The molecule has 2 atom stereocenters. The first-order chi connectivity index (χ1) is 30.5. The van der Waals surface area contributed by atoms with Crippen LogP contribution in [0.1, 0.15) is 284 Å². The maximum atomic E-state index is 12.4. The van der Waals surface area contributed by atoms with Gasteiger partial charge in [0.2, 0.25) is 5.91 Å². The highest BCUT2D eigenvalue weighted by atomic mass is 16.5. The minimum absolute atomic E-state index is 0.00411. The second kappa shape index (κ2) is 51.7. The van der Waals surface area contributed by atoms with Crippen LogP contribution in [0.25, 0.3) is 0 Å². The number of ether oxygens (including phenoxy) is 1. The summed E-state index contributed by atoms with van der Waals surface area (Å²) in [7, 11) is 0. The molecule has 0 bridgehead atoms. The lowest BCUT2D eigenvalue weighted by Gasteiger charge is -2.20. The van der Waals surface area contributed by atoms with Crippen molar-refractivity contribution in [2.45, 2.75) is 296 Å². The van der Waals surface area contributed by atoms with Gasteiger partial charge in [0, 0.05) is 12.8 Å². The average Bonchev–Trinajstić information content (AvgIpc) is 3.27. The molecule has 0 saturated carbocycles. The molecule has 6 heteroatoms. The Hall–Kier alpha value is -1.92. The Morgan fingerprint density at radius 3 is 1.19 bits per heavy atom. The van der Waals surface area contributed by atoms with Crippen LogP contribution in [-0.4, -0.2) is 47.4 Å². The average molecular weight is 872 g/mol. The van der Waals surface area contributed by atoms with Crippen molar-refractivity contribution in [2.24, 2.45) is 0 Å². The number of rotatable bonds is 50. The summed E-state index contributed by atoms with van der Waals surface area (Å²) in [5.74, 6) is -0.0807.